The first-order chi connectivity index (χ1) is 7.59. The maximum Gasteiger partial charge on any atom is 0.354 e. The Morgan fingerprint density at radius 2 is 2.25 bits per heavy atom. The zero-order valence-electron chi connectivity index (χ0n) is 7.87. The molecule has 1 aromatic heterocycles. The molecule has 0 amide bonds. The van der Waals surface area contributed by atoms with E-state index in [1.807, 2.05) is 0 Å². The molecule has 0 saturated heterocycles. The summed E-state index contributed by atoms with van der Waals surface area (Å²) in [5, 5.41) is 14.8. The molecule has 0 unspecified atom stereocenters. The molecule has 2 rings (SSSR count). The van der Waals surface area contributed by atoms with Gasteiger partial charge in [-0.05, 0) is 17.7 Å². The van der Waals surface area contributed by atoms with Crippen molar-refractivity contribution in [3.63, 3.8) is 0 Å². The largest absolute Gasteiger partial charge is 0.477 e. The summed E-state index contributed by atoms with van der Waals surface area (Å²) in [6.07, 6.45) is 1.33. The maximum absolute atomic E-state index is 13.2. The summed E-state index contributed by atoms with van der Waals surface area (Å²) < 4.78 is 13.2. The zero-order valence-corrected chi connectivity index (χ0v) is 8.62. The molecular formula is C10H6ClFN2O2. The van der Waals surface area contributed by atoms with Crippen molar-refractivity contribution >= 4 is 17.6 Å². The number of aromatic carboxylic acids is 1. The minimum Gasteiger partial charge on any atom is -0.477 e. The number of aromatic nitrogens is 2. The third kappa shape index (κ3) is 1.77. The first-order valence-corrected chi connectivity index (χ1v) is 4.69. The molecule has 2 N–H and O–H groups in total. The van der Waals surface area contributed by atoms with E-state index in [1.165, 1.54) is 24.4 Å². The summed E-state index contributed by atoms with van der Waals surface area (Å²) in [4.78, 5) is 10.8. The average Bonchev–Trinajstić information content (AvgIpc) is 2.71. The van der Waals surface area contributed by atoms with E-state index >= 15 is 0 Å². The standard InChI is InChI=1S/C10H6ClFN2O2/c11-7-2-1-5(3-8(7)12)6-4-13-14-9(6)10(15)16/h1-4H,(H,13,14)(H,15,16). The second-order valence-electron chi connectivity index (χ2n) is 3.09. The lowest BCUT2D eigenvalue weighted by Gasteiger charge is -2.00. The normalized spacial score (nSPS) is 10.4. The highest BCUT2D eigenvalue weighted by molar-refractivity contribution is 6.30. The van der Waals surface area contributed by atoms with E-state index in [-0.39, 0.29) is 10.7 Å². The average molecular weight is 241 g/mol. The molecular weight excluding hydrogens is 235 g/mol. The van der Waals surface area contributed by atoms with Crippen LogP contribution in [0.5, 0.6) is 0 Å². The van der Waals surface area contributed by atoms with E-state index in [0.717, 1.165) is 0 Å². The minimum absolute atomic E-state index is 0.0101. The molecule has 0 radical (unpaired) electrons. The smallest absolute Gasteiger partial charge is 0.354 e. The topological polar surface area (TPSA) is 66.0 Å². The Bertz CT molecular complexity index is 554. The van der Waals surface area contributed by atoms with Crippen molar-refractivity contribution in [3.8, 4) is 11.1 Å². The molecule has 0 fully saturated rings. The highest BCUT2D eigenvalue weighted by atomic mass is 35.5. The highest BCUT2D eigenvalue weighted by Gasteiger charge is 2.14. The number of H-pyrrole nitrogens is 1. The second kappa shape index (κ2) is 3.94. The number of hydrogen-bond donors (Lipinski definition) is 2. The van der Waals surface area contributed by atoms with E-state index < -0.39 is 11.8 Å². The van der Waals surface area contributed by atoms with Crippen LogP contribution < -0.4 is 0 Å². The van der Waals surface area contributed by atoms with Crippen LogP contribution in [0.25, 0.3) is 11.1 Å². The Morgan fingerprint density at radius 3 is 2.88 bits per heavy atom. The van der Waals surface area contributed by atoms with Crippen molar-refractivity contribution in [2.75, 3.05) is 0 Å². The van der Waals surface area contributed by atoms with Gasteiger partial charge in [-0.15, -0.1) is 0 Å². The molecule has 0 aliphatic carbocycles. The summed E-state index contributed by atoms with van der Waals surface area (Å²) in [6, 6.07) is 4.06. The number of halogens is 2. The lowest BCUT2D eigenvalue weighted by atomic mass is 10.1. The fourth-order valence-electron chi connectivity index (χ4n) is 1.33. The number of carboxylic acids is 1. The summed E-state index contributed by atoms with van der Waals surface area (Å²) >= 11 is 5.53. The van der Waals surface area contributed by atoms with Crippen LogP contribution in [0.4, 0.5) is 4.39 Å². The molecule has 6 heteroatoms. The molecule has 0 spiro atoms. The van der Waals surface area contributed by atoms with Crippen LogP contribution >= 0.6 is 11.6 Å². The van der Waals surface area contributed by atoms with Gasteiger partial charge in [-0.25, -0.2) is 9.18 Å². The summed E-state index contributed by atoms with van der Waals surface area (Å²) in [5.41, 5.74) is 0.651. The number of nitrogens with one attached hydrogen (secondary N) is 1. The van der Waals surface area contributed by atoms with E-state index in [2.05, 4.69) is 10.2 Å². The Morgan fingerprint density at radius 1 is 1.50 bits per heavy atom. The minimum atomic E-state index is -1.15. The third-order valence-corrected chi connectivity index (χ3v) is 2.39. The van der Waals surface area contributed by atoms with Crippen molar-refractivity contribution < 1.29 is 14.3 Å². The molecule has 0 aliphatic heterocycles. The SMILES string of the molecule is O=C(O)c1[nH]ncc1-c1ccc(Cl)c(F)c1. The highest BCUT2D eigenvalue weighted by Crippen LogP contribution is 2.25. The maximum atomic E-state index is 13.2. The molecule has 0 bridgehead atoms. The Labute approximate surface area is 94.7 Å². The molecule has 0 saturated carbocycles. The zero-order chi connectivity index (χ0) is 11.7. The number of nitrogens with zero attached hydrogens (tertiary/aromatic N) is 1. The van der Waals surface area contributed by atoms with Crippen molar-refractivity contribution in [3.05, 3.63) is 40.9 Å². The van der Waals surface area contributed by atoms with Crippen molar-refractivity contribution in [2.24, 2.45) is 0 Å². The van der Waals surface area contributed by atoms with Crippen molar-refractivity contribution in [1.29, 1.82) is 0 Å². The summed E-state index contributed by atoms with van der Waals surface area (Å²) in [7, 11) is 0. The van der Waals surface area contributed by atoms with Gasteiger partial charge in [0.2, 0.25) is 0 Å². The van der Waals surface area contributed by atoms with Gasteiger partial charge in [0.1, 0.15) is 5.82 Å². The molecule has 1 aromatic carbocycles. The van der Waals surface area contributed by atoms with E-state index in [9.17, 15) is 9.18 Å². The van der Waals surface area contributed by atoms with Crippen LogP contribution in [-0.2, 0) is 0 Å². The van der Waals surface area contributed by atoms with Gasteiger partial charge < -0.3 is 5.11 Å². The molecule has 16 heavy (non-hydrogen) atoms. The van der Waals surface area contributed by atoms with Gasteiger partial charge in [0.05, 0.1) is 11.2 Å². The van der Waals surface area contributed by atoms with Crippen molar-refractivity contribution in [2.45, 2.75) is 0 Å². The Kier molecular flexibility index (Phi) is 2.62. The summed E-state index contributed by atoms with van der Waals surface area (Å²) in [5.74, 6) is -1.75. The third-order valence-electron chi connectivity index (χ3n) is 2.08. The van der Waals surface area contributed by atoms with Crippen LogP contribution in [0.3, 0.4) is 0 Å². The number of carboxylic acid groups (broad SMARTS) is 1. The number of aromatic amines is 1. The first-order valence-electron chi connectivity index (χ1n) is 4.31. The molecule has 82 valence electrons. The lowest BCUT2D eigenvalue weighted by molar-refractivity contribution is 0.0691. The predicted octanol–water partition coefficient (Wildman–Crippen LogP) is 2.57. The van der Waals surface area contributed by atoms with Crippen LogP contribution in [0.15, 0.2) is 24.4 Å². The van der Waals surface area contributed by atoms with Crippen molar-refractivity contribution in [1.82, 2.24) is 10.2 Å². The van der Waals surface area contributed by atoms with Gasteiger partial charge in [-0.1, -0.05) is 17.7 Å². The number of carbonyl (C=O) groups is 1. The van der Waals surface area contributed by atoms with E-state index in [1.54, 1.807) is 0 Å². The van der Waals surface area contributed by atoms with Gasteiger partial charge in [-0.2, -0.15) is 5.10 Å². The predicted molar refractivity (Wildman–Crippen MR) is 56.0 cm³/mol. The lowest BCUT2D eigenvalue weighted by Crippen LogP contribution is -1.99. The Balaban J connectivity index is 2.54. The summed E-state index contributed by atoms with van der Waals surface area (Å²) in [6.45, 7) is 0. The van der Waals surface area contributed by atoms with Crippen LogP contribution in [0.1, 0.15) is 10.5 Å². The van der Waals surface area contributed by atoms with Crippen LogP contribution in [0, 0.1) is 5.82 Å². The van der Waals surface area contributed by atoms with Crippen LogP contribution in [-0.4, -0.2) is 21.3 Å². The van der Waals surface area contributed by atoms with Crippen LogP contribution in [0.2, 0.25) is 5.02 Å². The monoisotopic (exact) mass is 240 g/mol. The van der Waals surface area contributed by atoms with Gasteiger partial charge >= 0.3 is 5.97 Å². The number of benzene rings is 1. The fourth-order valence-corrected chi connectivity index (χ4v) is 1.45. The van der Waals surface area contributed by atoms with Gasteiger partial charge in [0.15, 0.2) is 5.69 Å². The van der Waals surface area contributed by atoms with E-state index in [0.29, 0.717) is 11.1 Å². The second-order valence-corrected chi connectivity index (χ2v) is 3.50. The van der Waals surface area contributed by atoms with Gasteiger partial charge in [-0.3, -0.25) is 5.10 Å². The van der Waals surface area contributed by atoms with E-state index in [4.69, 9.17) is 16.7 Å². The number of hydrogen-bond acceptors (Lipinski definition) is 2. The molecule has 0 atom stereocenters. The quantitative estimate of drug-likeness (QED) is 0.848. The molecule has 0 aliphatic rings. The molecule has 2 aromatic rings. The molecule has 1 heterocycles. The van der Waals surface area contributed by atoms with Gasteiger partial charge in [0.25, 0.3) is 0 Å². The number of rotatable bonds is 2. The van der Waals surface area contributed by atoms with Gasteiger partial charge in [0, 0.05) is 5.56 Å². The fraction of sp³-hybridized carbons (Fsp3) is 0. The first kappa shape index (κ1) is 10.6. The molecule has 4 nitrogen and oxygen atoms in total. The Hall–Kier alpha value is -1.88.